The van der Waals surface area contributed by atoms with Crippen LogP contribution in [0.4, 0.5) is 9.80 Å². The van der Waals surface area contributed by atoms with E-state index >= 15 is 0 Å². The van der Waals surface area contributed by atoms with E-state index in [1.165, 1.54) is 17.4 Å². The van der Waals surface area contributed by atoms with Crippen LogP contribution in [0.25, 0.3) is 0 Å². The Balaban J connectivity index is 2.08. The Morgan fingerprint density at radius 2 is 2.21 bits per heavy atom. The summed E-state index contributed by atoms with van der Waals surface area (Å²) in [5.74, 6) is -0.109. The molecule has 1 aromatic rings. The van der Waals surface area contributed by atoms with Gasteiger partial charge in [0.05, 0.1) is 5.56 Å². The van der Waals surface area contributed by atoms with Gasteiger partial charge in [-0.15, -0.1) is 11.3 Å². The lowest BCUT2D eigenvalue weighted by atomic mass is 10.2. The van der Waals surface area contributed by atoms with Crippen LogP contribution < -0.4 is 5.32 Å². The first-order valence-electron chi connectivity index (χ1n) is 6.00. The zero-order chi connectivity index (χ0) is 14.0. The summed E-state index contributed by atoms with van der Waals surface area (Å²) in [4.78, 5) is 25.0. The van der Waals surface area contributed by atoms with Gasteiger partial charge in [-0.1, -0.05) is 6.92 Å². The zero-order valence-corrected chi connectivity index (χ0v) is 12.4. The molecule has 0 aromatic carbocycles. The number of thioether (sulfide) groups is 1. The average molecular weight is 300 g/mol. The molecule has 2 unspecified atom stereocenters. The highest BCUT2D eigenvalue weighted by Gasteiger charge is 2.29. The van der Waals surface area contributed by atoms with E-state index in [1.54, 1.807) is 10.3 Å². The molecule has 0 radical (unpaired) electrons. The Bertz CT molecular complexity index is 489. The standard InChI is InChI=1S/C12H16N2O3S2/c1-7-8(2)18-6-4-14(7)12(17)13-10-9(11(15)16)3-5-19-10/h3,5,7-8H,4,6H2,1-2H3,(H,13,17)(H,15,16). The number of nitrogens with zero attached hydrogens (tertiary/aromatic N) is 1. The van der Waals surface area contributed by atoms with Crippen LogP contribution >= 0.6 is 23.1 Å². The molecule has 0 spiro atoms. The van der Waals surface area contributed by atoms with Gasteiger partial charge in [0, 0.05) is 23.6 Å². The first kappa shape index (κ1) is 14.2. The lowest BCUT2D eigenvalue weighted by Crippen LogP contribution is -2.49. The van der Waals surface area contributed by atoms with Crippen molar-refractivity contribution in [2.24, 2.45) is 0 Å². The average Bonchev–Trinajstić information content (AvgIpc) is 2.80. The van der Waals surface area contributed by atoms with Crippen molar-refractivity contribution in [1.29, 1.82) is 0 Å². The van der Waals surface area contributed by atoms with Gasteiger partial charge in [-0.05, 0) is 18.4 Å². The highest BCUT2D eigenvalue weighted by Crippen LogP contribution is 2.27. The van der Waals surface area contributed by atoms with Gasteiger partial charge in [-0.2, -0.15) is 11.8 Å². The van der Waals surface area contributed by atoms with Crippen molar-refractivity contribution in [2.45, 2.75) is 25.1 Å². The summed E-state index contributed by atoms with van der Waals surface area (Å²) >= 11 is 3.08. The molecule has 0 saturated carbocycles. The minimum absolute atomic E-state index is 0.144. The van der Waals surface area contributed by atoms with Gasteiger partial charge in [-0.3, -0.25) is 5.32 Å². The van der Waals surface area contributed by atoms with Gasteiger partial charge in [0.25, 0.3) is 0 Å². The van der Waals surface area contributed by atoms with Crippen molar-refractivity contribution in [1.82, 2.24) is 4.90 Å². The largest absolute Gasteiger partial charge is 0.478 e. The topological polar surface area (TPSA) is 69.6 Å². The number of thiophene rings is 1. The number of amides is 2. The molecule has 1 fully saturated rings. The molecule has 104 valence electrons. The number of anilines is 1. The fourth-order valence-electron chi connectivity index (χ4n) is 1.96. The van der Waals surface area contributed by atoms with E-state index in [-0.39, 0.29) is 17.6 Å². The van der Waals surface area contributed by atoms with E-state index in [2.05, 4.69) is 12.2 Å². The van der Waals surface area contributed by atoms with Crippen molar-refractivity contribution < 1.29 is 14.7 Å². The molecule has 5 nitrogen and oxygen atoms in total. The minimum atomic E-state index is -1.02. The molecule has 1 saturated heterocycles. The van der Waals surface area contributed by atoms with Crippen LogP contribution in [0.15, 0.2) is 11.4 Å². The van der Waals surface area contributed by atoms with Crippen LogP contribution in [0, 0.1) is 0 Å². The number of aromatic carboxylic acids is 1. The third-order valence-electron chi connectivity index (χ3n) is 3.26. The van der Waals surface area contributed by atoms with Crippen LogP contribution in [0.1, 0.15) is 24.2 Å². The molecule has 0 bridgehead atoms. The summed E-state index contributed by atoms with van der Waals surface area (Å²) in [6.45, 7) is 4.81. The second kappa shape index (κ2) is 5.83. The highest BCUT2D eigenvalue weighted by atomic mass is 32.2. The summed E-state index contributed by atoms with van der Waals surface area (Å²) in [5, 5.41) is 14.2. The summed E-state index contributed by atoms with van der Waals surface area (Å²) in [6, 6.07) is 1.43. The van der Waals surface area contributed by atoms with Gasteiger partial charge in [0.2, 0.25) is 0 Å². The van der Waals surface area contributed by atoms with E-state index in [0.29, 0.717) is 16.8 Å². The Kier molecular flexibility index (Phi) is 4.36. The molecule has 2 atom stereocenters. The molecule has 1 aliphatic heterocycles. The first-order chi connectivity index (χ1) is 9.00. The van der Waals surface area contributed by atoms with E-state index in [9.17, 15) is 9.59 Å². The van der Waals surface area contributed by atoms with Crippen molar-refractivity contribution >= 4 is 40.1 Å². The number of carbonyl (C=O) groups excluding carboxylic acids is 1. The fraction of sp³-hybridized carbons (Fsp3) is 0.500. The lowest BCUT2D eigenvalue weighted by Gasteiger charge is -2.37. The molecular formula is C12H16N2O3S2. The summed E-state index contributed by atoms with van der Waals surface area (Å²) in [5.41, 5.74) is 0.144. The molecule has 2 heterocycles. The Hall–Kier alpha value is -1.21. The SMILES string of the molecule is CC1SCCN(C(=O)Nc2sccc2C(=O)O)C1C. The lowest BCUT2D eigenvalue weighted by molar-refractivity contribution is 0.0698. The summed E-state index contributed by atoms with van der Waals surface area (Å²) < 4.78 is 0. The van der Waals surface area contributed by atoms with Gasteiger partial charge in [-0.25, -0.2) is 9.59 Å². The highest BCUT2D eigenvalue weighted by molar-refractivity contribution is 8.00. The van der Waals surface area contributed by atoms with Gasteiger partial charge >= 0.3 is 12.0 Å². The number of carboxylic acid groups (broad SMARTS) is 1. The second-order valence-corrected chi connectivity index (χ2v) is 6.81. The van der Waals surface area contributed by atoms with Crippen LogP contribution in [0.5, 0.6) is 0 Å². The summed E-state index contributed by atoms with van der Waals surface area (Å²) in [7, 11) is 0. The van der Waals surface area contributed by atoms with Crippen molar-refractivity contribution in [3.05, 3.63) is 17.0 Å². The summed E-state index contributed by atoms with van der Waals surface area (Å²) in [6.07, 6.45) is 0. The van der Waals surface area contributed by atoms with E-state index in [0.717, 1.165) is 5.75 Å². The van der Waals surface area contributed by atoms with Crippen LogP contribution in [0.3, 0.4) is 0 Å². The van der Waals surface area contributed by atoms with E-state index in [1.807, 2.05) is 18.7 Å². The maximum Gasteiger partial charge on any atom is 0.338 e. The third-order valence-corrected chi connectivity index (χ3v) is 5.43. The maximum atomic E-state index is 12.2. The van der Waals surface area contributed by atoms with Crippen LogP contribution in [0.2, 0.25) is 0 Å². The molecular weight excluding hydrogens is 284 g/mol. The van der Waals surface area contributed by atoms with Gasteiger partial charge in [0.15, 0.2) is 0 Å². The molecule has 1 aliphatic rings. The predicted octanol–water partition coefficient (Wildman–Crippen LogP) is 2.80. The molecule has 2 amide bonds. The smallest absolute Gasteiger partial charge is 0.338 e. The zero-order valence-electron chi connectivity index (χ0n) is 10.8. The number of nitrogens with one attached hydrogen (secondary N) is 1. The maximum absolute atomic E-state index is 12.2. The second-order valence-electron chi connectivity index (χ2n) is 4.41. The van der Waals surface area contributed by atoms with Gasteiger partial charge < -0.3 is 10.0 Å². The van der Waals surface area contributed by atoms with Crippen molar-refractivity contribution in [3.63, 3.8) is 0 Å². The van der Waals surface area contributed by atoms with E-state index in [4.69, 9.17) is 5.11 Å². The van der Waals surface area contributed by atoms with Crippen molar-refractivity contribution in [3.8, 4) is 0 Å². The normalized spacial score (nSPS) is 23.2. The molecule has 7 heteroatoms. The van der Waals surface area contributed by atoms with Crippen LogP contribution in [-0.4, -0.2) is 45.6 Å². The fourth-order valence-corrected chi connectivity index (χ4v) is 3.83. The Morgan fingerprint density at radius 3 is 2.89 bits per heavy atom. The van der Waals surface area contributed by atoms with Gasteiger partial charge in [0.1, 0.15) is 5.00 Å². The number of hydrogen-bond donors (Lipinski definition) is 2. The quantitative estimate of drug-likeness (QED) is 0.881. The Labute approximate surface area is 120 Å². The molecule has 2 rings (SSSR count). The third kappa shape index (κ3) is 3.03. The van der Waals surface area contributed by atoms with E-state index < -0.39 is 5.97 Å². The first-order valence-corrected chi connectivity index (χ1v) is 7.93. The number of carboxylic acids is 1. The molecule has 1 aromatic heterocycles. The monoisotopic (exact) mass is 300 g/mol. The number of hydrogen-bond acceptors (Lipinski definition) is 4. The minimum Gasteiger partial charge on any atom is -0.478 e. The number of carbonyl (C=O) groups is 2. The molecule has 2 N–H and O–H groups in total. The van der Waals surface area contributed by atoms with Crippen molar-refractivity contribution in [2.75, 3.05) is 17.6 Å². The predicted molar refractivity (Wildman–Crippen MR) is 78.4 cm³/mol. The van der Waals surface area contributed by atoms with Crippen LogP contribution in [-0.2, 0) is 0 Å². The Morgan fingerprint density at radius 1 is 1.47 bits per heavy atom. The number of rotatable bonds is 2. The molecule has 19 heavy (non-hydrogen) atoms. The number of urea groups is 1. The molecule has 0 aliphatic carbocycles.